The van der Waals surface area contributed by atoms with Crippen LogP contribution in [0.25, 0.3) is 10.9 Å². The normalized spacial score (nSPS) is 10.9. The van der Waals surface area contributed by atoms with Gasteiger partial charge in [-0.25, -0.2) is 0 Å². The summed E-state index contributed by atoms with van der Waals surface area (Å²) in [5.41, 5.74) is 2.82. The van der Waals surface area contributed by atoms with Crippen molar-refractivity contribution < 1.29 is 9.53 Å². The lowest BCUT2D eigenvalue weighted by atomic mass is 10.2. The molecule has 2 heterocycles. The van der Waals surface area contributed by atoms with Crippen molar-refractivity contribution in [2.45, 2.75) is 19.5 Å². The minimum absolute atomic E-state index is 0.0728. The first-order valence-corrected chi connectivity index (χ1v) is 9.07. The lowest BCUT2D eigenvalue weighted by molar-refractivity contribution is -0.116. The van der Waals surface area contributed by atoms with E-state index in [0.717, 1.165) is 22.2 Å². The van der Waals surface area contributed by atoms with Crippen LogP contribution in [0.3, 0.4) is 0 Å². The monoisotopic (exact) mass is 375 g/mol. The van der Waals surface area contributed by atoms with Crippen LogP contribution in [0, 0.1) is 0 Å². The van der Waals surface area contributed by atoms with Crippen molar-refractivity contribution >= 4 is 22.5 Å². The smallest absolute Gasteiger partial charge is 0.226 e. The molecule has 0 saturated carbocycles. The fourth-order valence-electron chi connectivity index (χ4n) is 3.09. The second-order valence-electron chi connectivity index (χ2n) is 6.50. The minimum atomic E-state index is -0.0728. The van der Waals surface area contributed by atoms with Crippen molar-refractivity contribution in [2.75, 3.05) is 12.4 Å². The lowest BCUT2D eigenvalue weighted by Crippen LogP contribution is -2.14. The number of rotatable bonds is 7. The number of hydrogen-bond acceptors (Lipinski definition) is 4. The van der Waals surface area contributed by atoms with Crippen molar-refractivity contribution in [2.24, 2.45) is 0 Å². The van der Waals surface area contributed by atoms with Crippen molar-refractivity contribution in [1.82, 2.24) is 19.6 Å². The van der Waals surface area contributed by atoms with E-state index >= 15 is 0 Å². The van der Waals surface area contributed by atoms with Crippen LogP contribution in [0.4, 0.5) is 5.69 Å². The zero-order valence-electron chi connectivity index (χ0n) is 15.6. The summed E-state index contributed by atoms with van der Waals surface area (Å²) in [4.78, 5) is 12.3. The van der Waals surface area contributed by atoms with Crippen molar-refractivity contribution in [3.8, 4) is 5.75 Å². The van der Waals surface area contributed by atoms with Gasteiger partial charge in [0.05, 0.1) is 43.8 Å². The fourth-order valence-corrected chi connectivity index (χ4v) is 3.09. The maximum Gasteiger partial charge on any atom is 0.226 e. The molecular formula is C21H21N5O2. The van der Waals surface area contributed by atoms with E-state index in [1.54, 1.807) is 24.2 Å². The summed E-state index contributed by atoms with van der Waals surface area (Å²) in [5.74, 6) is 0.716. The summed E-state index contributed by atoms with van der Waals surface area (Å²) in [6.45, 7) is 1.17. The van der Waals surface area contributed by atoms with Gasteiger partial charge in [0, 0.05) is 18.0 Å². The summed E-state index contributed by atoms with van der Waals surface area (Å²) >= 11 is 0. The molecule has 0 unspecified atom stereocenters. The van der Waals surface area contributed by atoms with Gasteiger partial charge in [-0.15, -0.1) is 0 Å². The Balaban J connectivity index is 1.34. The second kappa shape index (κ2) is 7.96. The Hall–Kier alpha value is -3.61. The second-order valence-corrected chi connectivity index (χ2v) is 6.50. The van der Waals surface area contributed by atoms with Crippen molar-refractivity contribution in [3.63, 3.8) is 0 Å². The van der Waals surface area contributed by atoms with Gasteiger partial charge in [-0.05, 0) is 23.8 Å². The van der Waals surface area contributed by atoms with E-state index in [1.165, 1.54) is 0 Å². The summed E-state index contributed by atoms with van der Waals surface area (Å²) in [6.07, 6.45) is 5.60. The van der Waals surface area contributed by atoms with Gasteiger partial charge in [-0.1, -0.05) is 30.3 Å². The quantitative estimate of drug-likeness (QED) is 0.538. The summed E-state index contributed by atoms with van der Waals surface area (Å²) in [5, 5.41) is 12.6. The van der Waals surface area contributed by atoms with Crippen LogP contribution >= 0.6 is 0 Å². The van der Waals surface area contributed by atoms with Crippen LogP contribution in [0.1, 0.15) is 12.0 Å². The molecule has 142 valence electrons. The Morgan fingerprint density at radius 1 is 1.11 bits per heavy atom. The third-order valence-electron chi connectivity index (χ3n) is 4.50. The zero-order valence-corrected chi connectivity index (χ0v) is 15.6. The van der Waals surface area contributed by atoms with E-state index in [1.807, 2.05) is 59.4 Å². The van der Waals surface area contributed by atoms with Crippen LogP contribution in [0.2, 0.25) is 0 Å². The number of benzene rings is 2. The number of ether oxygens (including phenoxy) is 1. The van der Waals surface area contributed by atoms with Gasteiger partial charge in [0.2, 0.25) is 5.91 Å². The van der Waals surface area contributed by atoms with Gasteiger partial charge in [-0.3, -0.25) is 14.2 Å². The topological polar surface area (TPSA) is 74.0 Å². The Bertz CT molecular complexity index is 1080. The number of anilines is 1. The largest absolute Gasteiger partial charge is 0.497 e. The molecule has 0 aliphatic heterocycles. The highest BCUT2D eigenvalue weighted by Gasteiger charge is 2.08. The van der Waals surface area contributed by atoms with E-state index in [0.29, 0.717) is 25.2 Å². The SMILES string of the molecule is COc1ccc2c(cnn2CCC(=O)Nc2cnn(Cc3ccccc3)c2)c1. The molecule has 1 N–H and O–H groups in total. The molecule has 0 atom stereocenters. The summed E-state index contributed by atoms with van der Waals surface area (Å²) in [6, 6.07) is 15.8. The lowest BCUT2D eigenvalue weighted by Gasteiger charge is -2.05. The molecule has 0 saturated heterocycles. The first-order chi connectivity index (χ1) is 13.7. The molecule has 2 aromatic heterocycles. The molecule has 0 bridgehead atoms. The maximum absolute atomic E-state index is 12.3. The highest BCUT2D eigenvalue weighted by Crippen LogP contribution is 2.20. The molecule has 0 spiro atoms. The predicted octanol–water partition coefficient (Wildman–Crippen LogP) is 3.32. The standard InChI is InChI=1S/C21H21N5O2/c1-28-19-7-8-20-17(11-19)12-23-26(20)10-9-21(27)24-18-13-22-25(15-18)14-16-5-3-2-4-6-16/h2-8,11-13,15H,9-10,14H2,1H3,(H,24,27). The number of aryl methyl sites for hydroxylation is 1. The minimum Gasteiger partial charge on any atom is -0.497 e. The van der Waals surface area contributed by atoms with E-state index in [9.17, 15) is 4.79 Å². The van der Waals surface area contributed by atoms with Gasteiger partial charge in [-0.2, -0.15) is 10.2 Å². The molecule has 4 aromatic rings. The van der Waals surface area contributed by atoms with Crippen LogP contribution in [0.5, 0.6) is 5.75 Å². The van der Waals surface area contributed by atoms with E-state index in [4.69, 9.17) is 4.74 Å². The molecule has 0 fully saturated rings. The molecule has 2 aromatic carbocycles. The van der Waals surface area contributed by atoms with Gasteiger partial charge >= 0.3 is 0 Å². The van der Waals surface area contributed by atoms with E-state index in [-0.39, 0.29) is 5.91 Å². The molecule has 0 aliphatic rings. The summed E-state index contributed by atoms with van der Waals surface area (Å²) < 4.78 is 8.86. The average Bonchev–Trinajstić information content (AvgIpc) is 3.33. The van der Waals surface area contributed by atoms with E-state index in [2.05, 4.69) is 15.5 Å². The molecule has 7 heteroatoms. The van der Waals surface area contributed by atoms with Crippen LogP contribution < -0.4 is 10.1 Å². The van der Waals surface area contributed by atoms with Crippen LogP contribution in [0.15, 0.2) is 67.1 Å². The molecule has 7 nitrogen and oxygen atoms in total. The Morgan fingerprint density at radius 2 is 1.96 bits per heavy atom. The number of nitrogens with zero attached hydrogens (tertiary/aromatic N) is 4. The Kier molecular flexibility index (Phi) is 5.05. The molecule has 0 radical (unpaired) electrons. The van der Waals surface area contributed by atoms with Crippen LogP contribution in [-0.4, -0.2) is 32.6 Å². The van der Waals surface area contributed by atoms with Crippen molar-refractivity contribution in [3.05, 3.63) is 72.7 Å². The van der Waals surface area contributed by atoms with E-state index < -0.39 is 0 Å². The van der Waals surface area contributed by atoms with Crippen LogP contribution in [-0.2, 0) is 17.9 Å². The predicted molar refractivity (Wildman–Crippen MR) is 107 cm³/mol. The average molecular weight is 375 g/mol. The molecular weight excluding hydrogens is 354 g/mol. The molecule has 28 heavy (non-hydrogen) atoms. The number of hydrogen-bond donors (Lipinski definition) is 1. The van der Waals surface area contributed by atoms with Gasteiger partial charge < -0.3 is 10.1 Å². The van der Waals surface area contributed by atoms with Crippen molar-refractivity contribution in [1.29, 1.82) is 0 Å². The fraction of sp³-hybridized carbons (Fsp3) is 0.190. The number of methoxy groups -OCH3 is 1. The maximum atomic E-state index is 12.3. The number of carbonyl (C=O) groups is 1. The zero-order chi connectivity index (χ0) is 19.3. The number of fused-ring (bicyclic) bond motifs is 1. The number of aromatic nitrogens is 4. The van der Waals surface area contributed by atoms with Gasteiger partial charge in [0.25, 0.3) is 0 Å². The Morgan fingerprint density at radius 3 is 2.79 bits per heavy atom. The van der Waals surface area contributed by atoms with Gasteiger partial charge in [0.15, 0.2) is 0 Å². The Labute approximate surface area is 162 Å². The first kappa shape index (κ1) is 17.8. The molecule has 4 rings (SSSR count). The molecule has 1 amide bonds. The molecule has 0 aliphatic carbocycles. The number of carbonyl (C=O) groups excluding carboxylic acids is 1. The highest BCUT2D eigenvalue weighted by molar-refractivity contribution is 5.90. The summed E-state index contributed by atoms with van der Waals surface area (Å²) in [7, 11) is 1.64. The third kappa shape index (κ3) is 4.03. The number of nitrogens with one attached hydrogen (secondary N) is 1. The van der Waals surface area contributed by atoms with Gasteiger partial charge in [0.1, 0.15) is 5.75 Å². The number of amides is 1. The first-order valence-electron chi connectivity index (χ1n) is 9.07. The third-order valence-corrected chi connectivity index (χ3v) is 4.50. The highest BCUT2D eigenvalue weighted by atomic mass is 16.5.